The number of carbonyl (C=O) groups is 1. The summed E-state index contributed by atoms with van der Waals surface area (Å²) in [5, 5.41) is 13.2. The zero-order valence-electron chi connectivity index (χ0n) is 14.7. The molecule has 5 heteroatoms. The third-order valence-electron chi connectivity index (χ3n) is 5.89. The molecular formula is C21H24N2O2S. The number of aliphatic hydroxyl groups excluding tert-OH is 1. The molecule has 1 saturated carbocycles. The molecular weight excluding hydrogens is 344 g/mol. The highest BCUT2D eigenvalue weighted by molar-refractivity contribution is 7.99. The lowest BCUT2D eigenvalue weighted by Gasteiger charge is -2.44. The summed E-state index contributed by atoms with van der Waals surface area (Å²) in [5.41, 5.74) is 1.86. The van der Waals surface area contributed by atoms with Crippen LogP contribution in [-0.2, 0) is 0 Å². The van der Waals surface area contributed by atoms with Crippen LogP contribution < -0.4 is 5.32 Å². The van der Waals surface area contributed by atoms with Gasteiger partial charge < -0.3 is 10.4 Å². The van der Waals surface area contributed by atoms with Crippen LogP contribution in [0.2, 0.25) is 0 Å². The Hall–Kier alpha value is -1.85. The van der Waals surface area contributed by atoms with Crippen LogP contribution in [-0.4, -0.2) is 34.4 Å². The highest BCUT2D eigenvalue weighted by Gasteiger charge is 2.45. The van der Waals surface area contributed by atoms with Crippen molar-refractivity contribution in [2.24, 2.45) is 5.41 Å². The number of thioether (sulfide) groups is 1. The molecule has 2 heterocycles. The minimum Gasteiger partial charge on any atom is -0.393 e. The van der Waals surface area contributed by atoms with Gasteiger partial charge in [-0.05, 0) is 54.9 Å². The third-order valence-corrected chi connectivity index (χ3v) is 7.07. The first kappa shape index (κ1) is 17.6. The van der Waals surface area contributed by atoms with Crippen LogP contribution in [0.15, 0.2) is 53.6 Å². The summed E-state index contributed by atoms with van der Waals surface area (Å²) in [4.78, 5) is 18.0. The standard InChI is InChI=1S/C21H24N2O2S/c24-15-8-10-21(11-9-15,14-23-20(25)18-6-3-4-12-22-18)17-13-26-19-7-2-1-5-16(17)19/h1-7,12,15,17,24H,8-11,13-14H2,(H,23,25)/t15-,17?,21+. The minimum atomic E-state index is -0.209. The van der Waals surface area contributed by atoms with Crippen molar-refractivity contribution in [1.82, 2.24) is 10.3 Å². The highest BCUT2D eigenvalue weighted by Crippen LogP contribution is 2.54. The average Bonchev–Trinajstić information content (AvgIpc) is 3.13. The Morgan fingerprint density at radius 3 is 2.73 bits per heavy atom. The Morgan fingerprint density at radius 1 is 1.19 bits per heavy atom. The summed E-state index contributed by atoms with van der Waals surface area (Å²) in [5.74, 6) is 1.35. The second kappa shape index (κ2) is 7.41. The number of benzene rings is 1. The Bertz CT molecular complexity index is 773. The van der Waals surface area contributed by atoms with Crippen LogP contribution in [0.5, 0.6) is 0 Å². The number of hydrogen-bond acceptors (Lipinski definition) is 4. The Labute approximate surface area is 158 Å². The van der Waals surface area contributed by atoms with E-state index in [-0.39, 0.29) is 17.4 Å². The molecule has 2 aromatic rings. The number of aliphatic hydroxyl groups is 1. The molecule has 4 rings (SSSR count). The van der Waals surface area contributed by atoms with Crippen molar-refractivity contribution in [3.8, 4) is 0 Å². The molecule has 1 aromatic heterocycles. The first-order valence-corrected chi connectivity index (χ1v) is 10.3. The largest absolute Gasteiger partial charge is 0.393 e. The minimum absolute atomic E-state index is 0.00325. The van der Waals surface area contributed by atoms with Crippen molar-refractivity contribution >= 4 is 17.7 Å². The summed E-state index contributed by atoms with van der Waals surface area (Å²) in [6.07, 6.45) is 4.93. The van der Waals surface area contributed by atoms with Crippen molar-refractivity contribution in [3.63, 3.8) is 0 Å². The summed E-state index contributed by atoms with van der Waals surface area (Å²) < 4.78 is 0. The van der Waals surface area contributed by atoms with E-state index in [1.165, 1.54) is 10.5 Å². The quantitative estimate of drug-likeness (QED) is 0.865. The Kier molecular flexibility index (Phi) is 5.00. The number of hydrogen-bond donors (Lipinski definition) is 2. The first-order valence-electron chi connectivity index (χ1n) is 9.27. The van der Waals surface area contributed by atoms with E-state index in [4.69, 9.17) is 0 Å². The lowest BCUT2D eigenvalue weighted by molar-refractivity contribution is 0.0482. The SMILES string of the molecule is O=C(NC[C@]1(C2CSc3ccccc32)CC[C@@H](O)CC1)c1ccccn1. The smallest absolute Gasteiger partial charge is 0.269 e. The van der Waals surface area contributed by atoms with Gasteiger partial charge in [0.2, 0.25) is 0 Å². The second-order valence-corrected chi connectivity index (χ2v) is 8.45. The molecule has 1 atom stereocenters. The van der Waals surface area contributed by atoms with Gasteiger partial charge in [-0.15, -0.1) is 11.8 Å². The molecule has 2 aliphatic rings. The molecule has 136 valence electrons. The lowest BCUT2D eigenvalue weighted by Crippen LogP contribution is -2.45. The summed E-state index contributed by atoms with van der Waals surface area (Å²) >= 11 is 1.91. The predicted octanol–water partition coefficient (Wildman–Crippen LogP) is 3.62. The van der Waals surface area contributed by atoms with Gasteiger partial charge in [0, 0.05) is 29.3 Å². The van der Waals surface area contributed by atoms with E-state index in [0.29, 0.717) is 18.2 Å². The third kappa shape index (κ3) is 3.38. The van der Waals surface area contributed by atoms with Crippen molar-refractivity contribution in [2.45, 2.75) is 42.6 Å². The van der Waals surface area contributed by atoms with Gasteiger partial charge in [-0.2, -0.15) is 0 Å². The van der Waals surface area contributed by atoms with Gasteiger partial charge in [-0.3, -0.25) is 9.78 Å². The van der Waals surface area contributed by atoms with Gasteiger partial charge in [-0.25, -0.2) is 0 Å². The molecule has 0 spiro atoms. The molecule has 1 fully saturated rings. The highest BCUT2D eigenvalue weighted by atomic mass is 32.2. The summed E-state index contributed by atoms with van der Waals surface area (Å²) in [6, 6.07) is 14.0. The van der Waals surface area contributed by atoms with Gasteiger partial charge in [0.05, 0.1) is 6.10 Å². The maximum atomic E-state index is 12.5. The van der Waals surface area contributed by atoms with E-state index in [0.717, 1.165) is 31.4 Å². The maximum absolute atomic E-state index is 12.5. The molecule has 26 heavy (non-hydrogen) atoms. The summed E-state index contributed by atoms with van der Waals surface area (Å²) in [6.45, 7) is 0.634. The number of aromatic nitrogens is 1. The predicted molar refractivity (Wildman–Crippen MR) is 103 cm³/mol. The van der Waals surface area contributed by atoms with Gasteiger partial charge in [0.25, 0.3) is 5.91 Å². The van der Waals surface area contributed by atoms with E-state index < -0.39 is 0 Å². The number of carbonyl (C=O) groups excluding carboxylic acids is 1. The van der Waals surface area contributed by atoms with Gasteiger partial charge in [0.1, 0.15) is 5.69 Å². The fourth-order valence-corrected chi connectivity index (χ4v) is 5.77. The van der Waals surface area contributed by atoms with Crippen LogP contribution in [0.4, 0.5) is 0 Å². The van der Waals surface area contributed by atoms with Crippen molar-refractivity contribution in [1.29, 1.82) is 0 Å². The number of fused-ring (bicyclic) bond motifs is 1. The maximum Gasteiger partial charge on any atom is 0.269 e. The zero-order valence-corrected chi connectivity index (χ0v) is 15.5. The fourth-order valence-electron chi connectivity index (χ4n) is 4.34. The number of pyridine rings is 1. The molecule has 1 aromatic carbocycles. The van der Waals surface area contributed by atoms with E-state index in [1.807, 2.05) is 23.9 Å². The molecule has 1 aliphatic heterocycles. The number of amides is 1. The molecule has 0 radical (unpaired) electrons. The van der Waals surface area contributed by atoms with Crippen molar-refractivity contribution in [2.75, 3.05) is 12.3 Å². The first-order chi connectivity index (χ1) is 12.7. The normalized spacial score (nSPS) is 27.7. The molecule has 4 nitrogen and oxygen atoms in total. The zero-order chi connectivity index (χ0) is 18.0. The monoisotopic (exact) mass is 368 g/mol. The van der Waals surface area contributed by atoms with Crippen LogP contribution in [0.1, 0.15) is 47.7 Å². The number of nitrogens with one attached hydrogen (secondary N) is 1. The van der Waals surface area contributed by atoms with E-state index >= 15 is 0 Å². The molecule has 0 saturated heterocycles. The average molecular weight is 369 g/mol. The van der Waals surface area contributed by atoms with Gasteiger partial charge >= 0.3 is 0 Å². The van der Waals surface area contributed by atoms with Gasteiger partial charge in [-0.1, -0.05) is 24.3 Å². The van der Waals surface area contributed by atoms with E-state index in [1.54, 1.807) is 12.3 Å². The Balaban J connectivity index is 1.56. The molecule has 2 N–H and O–H groups in total. The van der Waals surface area contributed by atoms with Gasteiger partial charge in [0.15, 0.2) is 0 Å². The van der Waals surface area contributed by atoms with Crippen LogP contribution in [0.3, 0.4) is 0 Å². The second-order valence-electron chi connectivity index (χ2n) is 7.39. The van der Waals surface area contributed by atoms with Crippen molar-refractivity contribution in [3.05, 3.63) is 59.9 Å². The number of nitrogens with zero attached hydrogens (tertiary/aromatic N) is 1. The Morgan fingerprint density at radius 2 is 1.96 bits per heavy atom. The van der Waals surface area contributed by atoms with Crippen LogP contribution >= 0.6 is 11.8 Å². The van der Waals surface area contributed by atoms with E-state index in [9.17, 15) is 9.90 Å². The molecule has 1 unspecified atom stereocenters. The summed E-state index contributed by atoms with van der Waals surface area (Å²) in [7, 11) is 0. The fraction of sp³-hybridized carbons (Fsp3) is 0.429. The van der Waals surface area contributed by atoms with E-state index in [2.05, 4.69) is 34.6 Å². The number of rotatable bonds is 4. The lowest BCUT2D eigenvalue weighted by atomic mass is 9.63. The van der Waals surface area contributed by atoms with Crippen LogP contribution in [0, 0.1) is 5.41 Å². The molecule has 1 amide bonds. The topological polar surface area (TPSA) is 62.2 Å². The van der Waals surface area contributed by atoms with Crippen molar-refractivity contribution < 1.29 is 9.90 Å². The van der Waals surface area contributed by atoms with Crippen LogP contribution in [0.25, 0.3) is 0 Å². The molecule has 1 aliphatic carbocycles. The molecule has 0 bridgehead atoms.